The zero-order valence-electron chi connectivity index (χ0n) is 18.7. The van der Waals surface area contributed by atoms with Crippen LogP contribution in [0.1, 0.15) is 10.4 Å². The van der Waals surface area contributed by atoms with E-state index in [9.17, 15) is 14.0 Å². The summed E-state index contributed by atoms with van der Waals surface area (Å²) in [5.74, 6) is -0.0955. The topological polar surface area (TPSA) is 77.0 Å². The minimum Gasteiger partial charge on any atom is -0.495 e. The second-order valence-corrected chi connectivity index (χ2v) is 8.66. The van der Waals surface area contributed by atoms with Crippen molar-refractivity contribution in [1.82, 2.24) is 14.5 Å². The summed E-state index contributed by atoms with van der Waals surface area (Å²) in [4.78, 5) is 34.4. The van der Waals surface area contributed by atoms with Gasteiger partial charge in [-0.2, -0.15) is 0 Å². The molecule has 2 heterocycles. The first-order chi connectivity index (χ1) is 17.1. The Bertz CT molecular complexity index is 1580. The normalized spacial score (nSPS) is 11.0. The standard InChI is InChI=1S/C27H20FN3O3S/c1-34-23-10-6-5-9-21(23)31-26(33)25-24(20(15-29-25)17-7-3-2-4-8-17)30-27(31)35-16-22(32)18-11-13-19(28)14-12-18/h2-15,29H,16H2,1H3. The third-order valence-electron chi connectivity index (χ3n) is 5.58. The number of benzene rings is 3. The molecule has 0 amide bonds. The van der Waals surface area contributed by atoms with E-state index in [2.05, 4.69) is 4.98 Å². The molecule has 0 saturated heterocycles. The van der Waals surface area contributed by atoms with Gasteiger partial charge < -0.3 is 9.72 Å². The highest BCUT2D eigenvalue weighted by molar-refractivity contribution is 7.99. The molecule has 3 aromatic carbocycles. The number of rotatable bonds is 7. The summed E-state index contributed by atoms with van der Waals surface area (Å²) in [7, 11) is 1.53. The van der Waals surface area contributed by atoms with Crippen molar-refractivity contribution in [1.29, 1.82) is 0 Å². The number of halogens is 1. The second-order valence-electron chi connectivity index (χ2n) is 7.72. The van der Waals surface area contributed by atoms with Gasteiger partial charge in [-0.1, -0.05) is 54.2 Å². The van der Waals surface area contributed by atoms with Crippen LogP contribution in [0.25, 0.3) is 27.8 Å². The molecule has 2 aromatic heterocycles. The molecule has 0 spiro atoms. The lowest BCUT2D eigenvalue weighted by Gasteiger charge is -2.15. The van der Waals surface area contributed by atoms with E-state index in [1.165, 1.54) is 35.9 Å². The molecule has 5 rings (SSSR count). The molecule has 0 bridgehead atoms. The molecule has 1 N–H and O–H groups in total. The van der Waals surface area contributed by atoms with E-state index in [1.54, 1.807) is 24.4 Å². The van der Waals surface area contributed by atoms with Crippen molar-refractivity contribution in [2.24, 2.45) is 0 Å². The quantitative estimate of drug-likeness (QED) is 0.187. The third-order valence-corrected chi connectivity index (χ3v) is 6.52. The molecule has 35 heavy (non-hydrogen) atoms. The zero-order valence-corrected chi connectivity index (χ0v) is 19.5. The maximum Gasteiger partial charge on any atom is 0.283 e. The van der Waals surface area contributed by atoms with E-state index in [0.29, 0.717) is 33.2 Å². The van der Waals surface area contributed by atoms with Crippen molar-refractivity contribution >= 4 is 28.6 Å². The molecule has 0 aliphatic heterocycles. The van der Waals surface area contributed by atoms with Gasteiger partial charge in [0.2, 0.25) is 0 Å². The van der Waals surface area contributed by atoms with Gasteiger partial charge in [-0.3, -0.25) is 9.59 Å². The van der Waals surface area contributed by atoms with Gasteiger partial charge in [0.25, 0.3) is 5.56 Å². The highest BCUT2D eigenvalue weighted by atomic mass is 32.2. The van der Waals surface area contributed by atoms with E-state index in [-0.39, 0.29) is 17.1 Å². The zero-order chi connectivity index (χ0) is 24.4. The fourth-order valence-electron chi connectivity index (χ4n) is 3.85. The Labute approximate surface area is 204 Å². The Hall–Kier alpha value is -4.17. The van der Waals surface area contributed by atoms with Crippen LogP contribution in [0.5, 0.6) is 5.75 Å². The van der Waals surface area contributed by atoms with Gasteiger partial charge in [0, 0.05) is 17.3 Å². The molecule has 0 saturated carbocycles. The van der Waals surface area contributed by atoms with Crippen molar-refractivity contribution in [3.8, 4) is 22.6 Å². The number of hydrogen-bond donors (Lipinski definition) is 1. The average molecular weight is 486 g/mol. The number of H-pyrrole nitrogens is 1. The van der Waals surface area contributed by atoms with Gasteiger partial charge in [-0.05, 0) is 42.0 Å². The van der Waals surface area contributed by atoms with E-state index < -0.39 is 5.82 Å². The van der Waals surface area contributed by atoms with Gasteiger partial charge in [0.15, 0.2) is 10.9 Å². The average Bonchev–Trinajstić information content (AvgIpc) is 3.32. The van der Waals surface area contributed by atoms with Crippen LogP contribution in [-0.4, -0.2) is 33.2 Å². The van der Waals surface area contributed by atoms with Gasteiger partial charge in [-0.25, -0.2) is 13.9 Å². The minimum atomic E-state index is -0.410. The van der Waals surface area contributed by atoms with Gasteiger partial charge in [-0.15, -0.1) is 0 Å². The van der Waals surface area contributed by atoms with Crippen molar-refractivity contribution in [2.75, 3.05) is 12.9 Å². The molecule has 0 unspecified atom stereocenters. The van der Waals surface area contributed by atoms with Crippen molar-refractivity contribution < 1.29 is 13.9 Å². The maximum atomic E-state index is 13.7. The Morgan fingerprint density at radius 2 is 1.74 bits per heavy atom. The summed E-state index contributed by atoms with van der Waals surface area (Å²) in [5, 5.41) is 0.347. The predicted molar refractivity (Wildman–Crippen MR) is 135 cm³/mol. The first-order valence-corrected chi connectivity index (χ1v) is 11.8. The summed E-state index contributed by atoms with van der Waals surface area (Å²) in [6.45, 7) is 0. The Morgan fingerprint density at radius 1 is 1.03 bits per heavy atom. The fraction of sp³-hybridized carbons (Fsp3) is 0.0741. The maximum absolute atomic E-state index is 13.7. The van der Waals surface area contributed by atoms with E-state index in [4.69, 9.17) is 9.72 Å². The lowest BCUT2D eigenvalue weighted by molar-refractivity contribution is 0.102. The Kier molecular flexibility index (Phi) is 6.20. The molecule has 0 radical (unpaired) electrons. The van der Waals surface area contributed by atoms with Crippen LogP contribution in [0.2, 0.25) is 0 Å². The van der Waals surface area contributed by atoms with E-state index >= 15 is 0 Å². The number of Topliss-reactive ketones (excluding diaryl/α,β-unsaturated/α-hetero) is 1. The third kappa shape index (κ3) is 4.36. The number of nitrogens with one attached hydrogen (secondary N) is 1. The van der Waals surface area contributed by atoms with Crippen LogP contribution in [0.15, 0.2) is 95.0 Å². The van der Waals surface area contributed by atoms with Crippen LogP contribution in [0, 0.1) is 5.82 Å². The molecule has 0 atom stereocenters. The largest absolute Gasteiger partial charge is 0.495 e. The number of thioether (sulfide) groups is 1. The summed E-state index contributed by atoms with van der Waals surface area (Å²) in [6, 6.07) is 22.2. The highest BCUT2D eigenvalue weighted by Crippen LogP contribution is 2.31. The highest BCUT2D eigenvalue weighted by Gasteiger charge is 2.20. The monoisotopic (exact) mass is 485 g/mol. The molecule has 0 aliphatic rings. The number of para-hydroxylation sites is 2. The second kappa shape index (κ2) is 9.60. The molecule has 0 aliphatic carbocycles. The number of hydrogen-bond acceptors (Lipinski definition) is 5. The molecular weight excluding hydrogens is 465 g/mol. The molecule has 174 valence electrons. The first kappa shape index (κ1) is 22.6. The van der Waals surface area contributed by atoms with E-state index in [1.807, 2.05) is 36.4 Å². The van der Waals surface area contributed by atoms with E-state index in [0.717, 1.165) is 22.9 Å². The number of methoxy groups -OCH3 is 1. The van der Waals surface area contributed by atoms with Gasteiger partial charge in [0.1, 0.15) is 22.6 Å². The minimum absolute atomic E-state index is 0.0177. The number of ketones is 1. The van der Waals surface area contributed by atoms with Gasteiger partial charge >= 0.3 is 0 Å². The van der Waals surface area contributed by atoms with Gasteiger partial charge in [0.05, 0.1) is 18.6 Å². The summed E-state index contributed by atoms with van der Waals surface area (Å²) in [6.07, 6.45) is 1.76. The summed E-state index contributed by atoms with van der Waals surface area (Å²) >= 11 is 1.14. The number of aromatic amines is 1. The number of carbonyl (C=O) groups excluding carboxylic acids is 1. The SMILES string of the molecule is COc1ccccc1-n1c(SCC(=O)c2ccc(F)cc2)nc2c(-c3ccccc3)c[nH]c2c1=O. The lowest BCUT2D eigenvalue weighted by atomic mass is 10.1. The molecule has 8 heteroatoms. The summed E-state index contributed by atoms with van der Waals surface area (Å²) in [5.41, 5.74) is 3.17. The van der Waals surface area contributed by atoms with Crippen LogP contribution < -0.4 is 10.3 Å². The number of nitrogens with zero attached hydrogens (tertiary/aromatic N) is 2. The molecular formula is C27H20FN3O3S. The van der Waals surface area contributed by atoms with Crippen LogP contribution >= 0.6 is 11.8 Å². The molecule has 6 nitrogen and oxygen atoms in total. The Balaban J connectivity index is 1.64. The van der Waals surface area contributed by atoms with Crippen LogP contribution in [0.4, 0.5) is 4.39 Å². The van der Waals surface area contributed by atoms with Crippen molar-refractivity contribution in [2.45, 2.75) is 5.16 Å². The number of fused-ring (bicyclic) bond motifs is 1. The summed E-state index contributed by atoms with van der Waals surface area (Å²) < 4.78 is 20.2. The number of ether oxygens (including phenoxy) is 1. The smallest absolute Gasteiger partial charge is 0.283 e. The van der Waals surface area contributed by atoms with Crippen LogP contribution in [-0.2, 0) is 0 Å². The molecule has 0 fully saturated rings. The predicted octanol–water partition coefficient (Wildman–Crippen LogP) is 5.50. The number of carbonyl (C=O) groups is 1. The number of aromatic nitrogens is 3. The Morgan fingerprint density at radius 3 is 2.49 bits per heavy atom. The van der Waals surface area contributed by atoms with Crippen LogP contribution in [0.3, 0.4) is 0 Å². The van der Waals surface area contributed by atoms with Crippen molar-refractivity contribution in [3.05, 3.63) is 107 Å². The molecule has 5 aromatic rings. The first-order valence-electron chi connectivity index (χ1n) is 10.8. The van der Waals surface area contributed by atoms with Crippen molar-refractivity contribution in [3.63, 3.8) is 0 Å². The lowest BCUT2D eigenvalue weighted by Crippen LogP contribution is -2.23. The fourth-order valence-corrected chi connectivity index (χ4v) is 4.74.